The van der Waals surface area contributed by atoms with Crippen molar-refractivity contribution in [1.29, 1.82) is 0 Å². The van der Waals surface area contributed by atoms with Crippen LogP contribution in [0.2, 0.25) is 0 Å². The Morgan fingerprint density at radius 1 is 1.12 bits per heavy atom. The molecule has 0 aliphatic carbocycles. The molecule has 2 aliphatic rings. The normalized spacial score (nSPS) is 19.7. The molecule has 0 unspecified atom stereocenters. The molecule has 1 amide bonds. The van der Waals surface area contributed by atoms with Gasteiger partial charge in [0, 0.05) is 18.2 Å². The average molecular weight is 449 g/mol. The van der Waals surface area contributed by atoms with Crippen LogP contribution < -0.4 is 0 Å². The molecule has 162 valence electrons. The van der Waals surface area contributed by atoms with Crippen LogP contribution in [0.25, 0.3) is 4.85 Å². The van der Waals surface area contributed by atoms with E-state index in [0.29, 0.717) is 11.3 Å². The van der Waals surface area contributed by atoms with Crippen LogP contribution in [0.15, 0.2) is 71.9 Å². The van der Waals surface area contributed by atoms with E-state index in [-0.39, 0.29) is 12.3 Å². The molecule has 4 rings (SSSR count). The zero-order valence-corrected chi connectivity index (χ0v) is 18.1. The molecule has 0 bridgehead atoms. The lowest BCUT2D eigenvalue weighted by atomic mass is 10.0. The van der Waals surface area contributed by atoms with Crippen molar-refractivity contribution in [3.63, 3.8) is 0 Å². The Labute approximate surface area is 189 Å². The van der Waals surface area contributed by atoms with Gasteiger partial charge in [-0.3, -0.25) is 19.3 Å². The first-order chi connectivity index (χ1) is 15.5. The number of fused-ring (bicyclic) bond motifs is 1. The van der Waals surface area contributed by atoms with Crippen molar-refractivity contribution in [3.05, 3.63) is 94.5 Å². The van der Waals surface area contributed by atoms with Gasteiger partial charge in [0.05, 0.1) is 0 Å². The third-order valence-electron chi connectivity index (χ3n) is 5.23. The predicted octanol–water partition coefficient (Wildman–Crippen LogP) is 3.34. The summed E-state index contributed by atoms with van der Waals surface area (Å²) in [5.41, 5.74) is 2.12. The van der Waals surface area contributed by atoms with Gasteiger partial charge in [-0.2, -0.15) is 0 Å². The van der Waals surface area contributed by atoms with E-state index < -0.39 is 35.4 Å². The van der Waals surface area contributed by atoms with Gasteiger partial charge in [-0.25, -0.2) is 11.4 Å². The second-order valence-electron chi connectivity index (χ2n) is 7.32. The van der Waals surface area contributed by atoms with Crippen molar-refractivity contribution in [2.24, 2.45) is 0 Å². The molecular weight excluding hydrogens is 428 g/mol. The van der Waals surface area contributed by atoms with Gasteiger partial charge in [0.15, 0.2) is 11.5 Å². The Bertz CT molecular complexity index is 1070. The summed E-state index contributed by atoms with van der Waals surface area (Å²) in [7, 11) is 0. The van der Waals surface area contributed by atoms with Gasteiger partial charge in [0.2, 0.25) is 0 Å². The number of hydrogen-bond acceptors (Lipinski definition) is 6. The van der Waals surface area contributed by atoms with Gasteiger partial charge in [-0.15, -0.1) is 11.8 Å². The van der Waals surface area contributed by atoms with E-state index in [1.165, 1.54) is 23.6 Å². The molecule has 1 saturated heterocycles. The lowest BCUT2D eigenvalue weighted by Crippen LogP contribution is -2.63. The highest BCUT2D eigenvalue weighted by atomic mass is 32.2. The van der Waals surface area contributed by atoms with Crippen LogP contribution in [0.4, 0.5) is 0 Å². The molecular formula is C24H20N2O5S. The van der Waals surface area contributed by atoms with Gasteiger partial charge in [0.25, 0.3) is 0 Å². The molecule has 2 aromatic rings. The fraction of sp³-hybridized carbons (Fsp3) is 0.250. The van der Waals surface area contributed by atoms with Crippen LogP contribution in [-0.4, -0.2) is 46.5 Å². The molecule has 32 heavy (non-hydrogen) atoms. The second-order valence-corrected chi connectivity index (χ2v) is 8.43. The summed E-state index contributed by atoms with van der Waals surface area (Å²) in [5, 5.41) is -0.449. The quantitative estimate of drug-likeness (QED) is 0.383. The number of hydrogen-bond donors (Lipinski definition) is 0. The molecule has 0 radical (unpaired) electrons. The third kappa shape index (κ3) is 4.12. The number of amides is 1. The first-order valence-corrected chi connectivity index (χ1v) is 11.0. The number of benzene rings is 2. The number of ether oxygens (including phenoxy) is 2. The van der Waals surface area contributed by atoms with Crippen LogP contribution in [-0.2, 0) is 23.9 Å². The van der Waals surface area contributed by atoms with Crippen molar-refractivity contribution in [1.82, 2.24) is 4.90 Å². The predicted molar refractivity (Wildman–Crippen MR) is 118 cm³/mol. The summed E-state index contributed by atoms with van der Waals surface area (Å²) >= 11 is 1.38. The lowest BCUT2D eigenvalue weighted by molar-refractivity contribution is -0.152. The number of thioether (sulfide) groups is 1. The molecule has 0 aromatic heterocycles. The Kier molecular flexibility index (Phi) is 6.28. The molecule has 2 atom stereocenters. The zero-order valence-electron chi connectivity index (χ0n) is 17.3. The van der Waals surface area contributed by atoms with E-state index in [1.54, 1.807) is 0 Å². The number of β-lactam (4-membered cyclic amide) rings is 1. The van der Waals surface area contributed by atoms with E-state index >= 15 is 0 Å². The van der Waals surface area contributed by atoms with Crippen LogP contribution in [0.5, 0.6) is 0 Å². The lowest BCUT2D eigenvalue weighted by Gasteiger charge is -2.44. The van der Waals surface area contributed by atoms with Crippen molar-refractivity contribution in [3.8, 4) is 0 Å². The van der Waals surface area contributed by atoms with Crippen molar-refractivity contribution in [2.75, 3.05) is 12.4 Å². The van der Waals surface area contributed by atoms with Crippen molar-refractivity contribution in [2.45, 2.75) is 24.4 Å². The number of carbonyl (C=O) groups is 3. The maximum absolute atomic E-state index is 13.4. The number of carbonyl (C=O) groups excluding carboxylic acids is 3. The minimum Gasteiger partial charge on any atom is -0.461 e. The molecule has 0 N–H and O–H groups in total. The average Bonchev–Trinajstić information content (AvgIpc) is 2.81. The van der Waals surface area contributed by atoms with E-state index in [1.807, 2.05) is 60.7 Å². The zero-order chi connectivity index (χ0) is 22.7. The standard InChI is InChI=1S/C24H20N2O5S/c1-15(27)30-13-18-14-32-23-19(25-2)22(28)26(23)20(18)24(29)31-21(16-9-5-3-6-10-16)17-11-7-4-8-12-17/h3-12,19,21,23H,13-14H2,1H3/t19-,23-/m1/s1. The SMILES string of the molecule is [C-]#[N+][C@@H]1C(=O)N2C(C(=O)OC(c3ccccc3)c3ccccc3)=C(COC(C)=O)CS[C@H]12. The third-order valence-corrected chi connectivity index (χ3v) is 6.56. The maximum atomic E-state index is 13.4. The number of rotatable bonds is 6. The minimum atomic E-state index is -0.822. The van der Waals surface area contributed by atoms with Crippen LogP contribution in [0.3, 0.4) is 0 Å². The van der Waals surface area contributed by atoms with Gasteiger partial charge in [-0.1, -0.05) is 60.7 Å². The fourth-order valence-electron chi connectivity index (χ4n) is 3.68. The van der Waals surface area contributed by atoms with Crippen molar-refractivity contribution >= 4 is 29.6 Å². The summed E-state index contributed by atoms with van der Waals surface area (Å²) in [6, 6.07) is 17.8. The molecule has 2 aliphatic heterocycles. The number of esters is 2. The highest BCUT2D eigenvalue weighted by Crippen LogP contribution is 2.42. The van der Waals surface area contributed by atoms with Crippen molar-refractivity contribution < 1.29 is 23.9 Å². The maximum Gasteiger partial charge on any atom is 0.356 e. The highest BCUT2D eigenvalue weighted by molar-refractivity contribution is 8.00. The monoisotopic (exact) mass is 448 g/mol. The summed E-state index contributed by atoms with van der Waals surface area (Å²) in [4.78, 5) is 42.1. The second kappa shape index (κ2) is 9.28. The molecule has 1 fully saturated rings. The minimum absolute atomic E-state index is 0.0664. The summed E-state index contributed by atoms with van der Waals surface area (Å²) in [5.74, 6) is -1.26. The van der Waals surface area contributed by atoms with E-state index in [2.05, 4.69) is 4.85 Å². The van der Waals surface area contributed by atoms with E-state index in [0.717, 1.165) is 11.1 Å². The van der Waals surface area contributed by atoms with Gasteiger partial charge in [-0.05, 0) is 11.1 Å². The van der Waals surface area contributed by atoms with E-state index in [4.69, 9.17) is 16.0 Å². The fourth-order valence-corrected chi connectivity index (χ4v) is 4.99. The first-order valence-electron chi connectivity index (χ1n) is 9.98. The van der Waals surface area contributed by atoms with Crippen LogP contribution in [0.1, 0.15) is 24.2 Å². The molecule has 8 heteroatoms. The number of nitrogens with zero attached hydrogens (tertiary/aromatic N) is 2. The van der Waals surface area contributed by atoms with Gasteiger partial charge in [0.1, 0.15) is 12.3 Å². The van der Waals surface area contributed by atoms with Gasteiger partial charge >= 0.3 is 23.9 Å². The molecule has 0 spiro atoms. The molecule has 0 saturated carbocycles. The summed E-state index contributed by atoms with van der Waals surface area (Å²) in [6.45, 7) is 8.44. The van der Waals surface area contributed by atoms with Gasteiger partial charge < -0.3 is 9.47 Å². The molecule has 7 nitrogen and oxygen atoms in total. The Hall–Kier alpha value is -3.57. The van der Waals surface area contributed by atoms with Crippen LogP contribution in [0, 0.1) is 6.57 Å². The first kappa shape index (κ1) is 21.7. The highest BCUT2D eigenvalue weighted by Gasteiger charge is 2.59. The summed E-state index contributed by atoms with van der Waals surface area (Å²) < 4.78 is 11.1. The van der Waals surface area contributed by atoms with E-state index in [9.17, 15) is 14.4 Å². The Morgan fingerprint density at radius 3 is 2.25 bits per heavy atom. The molecule has 2 heterocycles. The summed E-state index contributed by atoms with van der Waals surface area (Å²) in [6.07, 6.45) is -0.687. The Balaban J connectivity index is 1.69. The largest absolute Gasteiger partial charge is 0.461 e. The van der Waals surface area contributed by atoms with Crippen LogP contribution >= 0.6 is 11.8 Å². The smallest absolute Gasteiger partial charge is 0.356 e. The topological polar surface area (TPSA) is 77.3 Å². The molecule has 2 aromatic carbocycles. The Morgan fingerprint density at radius 2 is 1.72 bits per heavy atom.